The fraction of sp³-hybridized carbons (Fsp3) is 0.909. The summed E-state index contributed by atoms with van der Waals surface area (Å²) in [6.45, 7) is 7.48. The SMILES string of the molecule is CC(C)C1CSC(NC2CCOC2C)=N1. The first-order valence-corrected chi connectivity index (χ1v) is 6.74. The van der Waals surface area contributed by atoms with E-state index in [0.29, 0.717) is 24.1 Å². The summed E-state index contributed by atoms with van der Waals surface area (Å²) < 4.78 is 5.52. The van der Waals surface area contributed by atoms with Gasteiger partial charge in [-0.25, -0.2) is 0 Å². The predicted octanol–water partition coefficient (Wildman–Crippen LogP) is 1.88. The van der Waals surface area contributed by atoms with Crippen molar-refractivity contribution in [3.8, 4) is 0 Å². The van der Waals surface area contributed by atoms with Gasteiger partial charge in [0.1, 0.15) is 0 Å². The summed E-state index contributed by atoms with van der Waals surface area (Å²) in [4.78, 5) is 4.70. The lowest BCUT2D eigenvalue weighted by molar-refractivity contribution is 0.116. The molecule has 3 unspecified atom stereocenters. The summed E-state index contributed by atoms with van der Waals surface area (Å²) in [5.74, 6) is 1.77. The lowest BCUT2D eigenvalue weighted by atomic mass is 10.1. The van der Waals surface area contributed by atoms with Gasteiger partial charge < -0.3 is 10.1 Å². The zero-order valence-corrected chi connectivity index (χ0v) is 10.5. The van der Waals surface area contributed by atoms with Gasteiger partial charge in [0.2, 0.25) is 0 Å². The number of amidine groups is 1. The lowest BCUT2D eigenvalue weighted by Crippen LogP contribution is -2.37. The fourth-order valence-electron chi connectivity index (χ4n) is 1.89. The molecule has 3 nitrogen and oxygen atoms in total. The standard InChI is InChI=1S/C11H20N2OS/c1-7(2)10-6-15-11(13-10)12-9-4-5-14-8(9)3/h7-10H,4-6H2,1-3H3,(H,12,13). The molecule has 4 heteroatoms. The number of rotatable bonds is 2. The average Bonchev–Trinajstić information content (AvgIpc) is 2.77. The Bertz CT molecular complexity index is 255. The summed E-state index contributed by atoms with van der Waals surface area (Å²) in [5, 5.41) is 4.62. The van der Waals surface area contributed by atoms with Crippen LogP contribution >= 0.6 is 11.8 Å². The predicted molar refractivity (Wildman–Crippen MR) is 65.5 cm³/mol. The van der Waals surface area contributed by atoms with Crippen LogP contribution in [-0.4, -0.2) is 35.7 Å². The van der Waals surface area contributed by atoms with E-state index in [1.807, 2.05) is 11.8 Å². The molecule has 15 heavy (non-hydrogen) atoms. The van der Waals surface area contributed by atoms with Crippen molar-refractivity contribution in [3.63, 3.8) is 0 Å². The molecular formula is C11H20N2OS. The van der Waals surface area contributed by atoms with Crippen molar-refractivity contribution < 1.29 is 4.74 Å². The molecule has 1 saturated heterocycles. The molecule has 1 fully saturated rings. The summed E-state index contributed by atoms with van der Waals surface area (Å²) in [6.07, 6.45) is 1.43. The summed E-state index contributed by atoms with van der Waals surface area (Å²) in [6, 6.07) is 0.956. The van der Waals surface area contributed by atoms with E-state index >= 15 is 0 Å². The molecule has 0 amide bonds. The van der Waals surface area contributed by atoms with E-state index in [1.165, 1.54) is 0 Å². The van der Waals surface area contributed by atoms with Gasteiger partial charge in [0, 0.05) is 12.4 Å². The van der Waals surface area contributed by atoms with E-state index in [-0.39, 0.29) is 0 Å². The van der Waals surface area contributed by atoms with Crippen molar-refractivity contribution >= 4 is 16.9 Å². The molecule has 0 aromatic rings. The molecule has 2 rings (SSSR count). The maximum Gasteiger partial charge on any atom is 0.157 e. The fourth-order valence-corrected chi connectivity index (χ4v) is 3.12. The van der Waals surface area contributed by atoms with Gasteiger partial charge in [-0.2, -0.15) is 0 Å². The topological polar surface area (TPSA) is 33.6 Å². The maximum absolute atomic E-state index is 5.52. The third-order valence-electron chi connectivity index (χ3n) is 3.13. The molecule has 0 spiro atoms. The highest BCUT2D eigenvalue weighted by Crippen LogP contribution is 2.23. The molecule has 0 aromatic carbocycles. The summed E-state index contributed by atoms with van der Waals surface area (Å²) in [5.41, 5.74) is 0. The highest BCUT2D eigenvalue weighted by Gasteiger charge is 2.28. The Labute approximate surface area is 96.1 Å². The maximum atomic E-state index is 5.52. The molecule has 2 aliphatic rings. The second-order valence-corrected chi connectivity index (χ2v) is 5.68. The van der Waals surface area contributed by atoms with Crippen LogP contribution < -0.4 is 5.32 Å². The highest BCUT2D eigenvalue weighted by molar-refractivity contribution is 8.14. The first kappa shape index (κ1) is 11.3. The number of thioether (sulfide) groups is 1. The number of ether oxygens (including phenoxy) is 1. The Hall–Kier alpha value is -0.220. The number of hydrogen-bond donors (Lipinski definition) is 1. The van der Waals surface area contributed by atoms with Crippen LogP contribution in [0.3, 0.4) is 0 Å². The lowest BCUT2D eigenvalue weighted by Gasteiger charge is -2.16. The second kappa shape index (κ2) is 4.74. The minimum absolute atomic E-state index is 0.325. The quantitative estimate of drug-likeness (QED) is 0.783. The van der Waals surface area contributed by atoms with Gasteiger partial charge in [-0.3, -0.25) is 4.99 Å². The minimum Gasteiger partial charge on any atom is -0.376 e. The molecule has 0 aromatic heterocycles. The summed E-state index contributed by atoms with van der Waals surface area (Å²) in [7, 11) is 0. The van der Waals surface area contributed by atoms with Crippen LogP contribution in [0.5, 0.6) is 0 Å². The van der Waals surface area contributed by atoms with Crippen LogP contribution in [0.1, 0.15) is 27.2 Å². The van der Waals surface area contributed by atoms with Crippen LogP contribution in [0.25, 0.3) is 0 Å². The van der Waals surface area contributed by atoms with E-state index in [2.05, 4.69) is 26.1 Å². The van der Waals surface area contributed by atoms with Gasteiger partial charge in [0.15, 0.2) is 5.17 Å². The van der Waals surface area contributed by atoms with Gasteiger partial charge in [0.25, 0.3) is 0 Å². The number of hydrogen-bond acceptors (Lipinski definition) is 4. The molecule has 2 heterocycles. The van der Waals surface area contributed by atoms with Crippen molar-refractivity contribution in [3.05, 3.63) is 0 Å². The van der Waals surface area contributed by atoms with Crippen molar-refractivity contribution in [2.75, 3.05) is 12.4 Å². The van der Waals surface area contributed by atoms with E-state index in [4.69, 9.17) is 9.73 Å². The van der Waals surface area contributed by atoms with E-state index in [9.17, 15) is 0 Å². The first-order chi connectivity index (χ1) is 7.16. The molecule has 3 atom stereocenters. The van der Waals surface area contributed by atoms with Crippen LogP contribution in [-0.2, 0) is 4.74 Å². The molecular weight excluding hydrogens is 208 g/mol. The molecule has 0 saturated carbocycles. The molecule has 2 aliphatic heterocycles. The summed E-state index contributed by atoms with van der Waals surface area (Å²) >= 11 is 1.85. The first-order valence-electron chi connectivity index (χ1n) is 5.75. The molecule has 0 radical (unpaired) electrons. The van der Waals surface area contributed by atoms with Gasteiger partial charge in [0.05, 0.1) is 18.2 Å². The third kappa shape index (κ3) is 2.67. The Kier molecular flexibility index (Phi) is 3.57. The largest absolute Gasteiger partial charge is 0.376 e. The van der Waals surface area contributed by atoms with Crippen molar-refractivity contribution in [2.45, 2.75) is 45.4 Å². The highest BCUT2D eigenvalue weighted by atomic mass is 32.2. The number of aliphatic imine (C=N–C) groups is 1. The molecule has 86 valence electrons. The Balaban J connectivity index is 1.87. The molecule has 0 bridgehead atoms. The number of nitrogens with zero attached hydrogens (tertiary/aromatic N) is 1. The van der Waals surface area contributed by atoms with Crippen molar-refractivity contribution in [1.82, 2.24) is 5.32 Å². The van der Waals surface area contributed by atoms with E-state index in [0.717, 1.165) is 23.9 Å². The monoisotopic (exact) mass is 228 g/mol. The van der Waals surface area contributed by atoms with Gasteiger partial charge in [-0.05, 0) is 19.3 Å². The zero-order chi connectivity index (χ0) is 10.8. The van der Waals surface area contributed by atoms with Crippen LogP contribution in [0, 0.1) is 5.92 Å². The third-order valence-corrected chi connectivity index (χ3v) is 4.13. The van der Waals surface area contributed by atoms with E-state index < -0.39 is 0 Å². The van der Waals surface area contributed by atoms with Gasteiger partial charge >= 0.3 is 0 Å². The Morgan fingerprint density at radius 1 is 1.53 bits per heavy atom. The van der Waals surface area contributed by atoms with E-state index in [1.54, 1.807) is 0 Å². The molecule has 1 N–H and O–H groups in total. The smallest absolute Gasteiger partial charge is 0.157 e. The van der Waals surface area contributed by atoms with Gasteiger partial charge in [-0.1, -0.05) is 25.6 Å². The van der Waals surface area contributed by atoms with Crippen molar-refractivity contribution in [1.29, 1.82) is 0 Å². The average molecular weight is 228 g/mol. The minimum atomic E-state index is 0.325. The van der Waals surface area contributed by atoms with Crippen LogP contribution in [0.4, 0.5) is 0 Å². The van der Waals surface area contributed by atoms with Gasteiger partial charge in [-0.15, -0.1) is 0 Å². The Morgan fingerprint density at radius 2 is 2.33 bits per heavy atom. The van der Waals surface area contributed by atoms with Crippen LogP contribution in [0.2, 0.25) is 0 Å². The van der Waals surface area contributed by atoms with Crippen LogP contribution in [0.15, 0.2) is 4.99 Å². The number of nitrogens with one attached hydrogen (secondary N) is 1. The molecule has 0 aliphatic carbocycles. The Morgan fingerprint density at radius 3 is 2.87 bits per heavy atom. The zero-order valence-electron chi connectivity index (χ0n) is 9.69. The second-order valence-electron chi connectivity index (χ2n) is 4.67. The normalized spacial score (nSPS) is 36.0. The van der Waals surface area contributed by atoms with Crippen molar-refractivity contribution in [2.24, 2.45) is 10.9 Å².